The molecule has 0 amide bonds. The fourth-order valence-corrected chi connectivity index (χ4v) is 2.39. The Bertz CT molecular complexity index is 596. The maximum Gasteiger partial charge on any atom is 0.0717 e. The number of allylic oxidation sites excluding steroid dienone is 2. The van der Waals surface area contributed by atoms with E-state index < -0.39 is 0 Å². The minimum absolute atomic E-state index is 0.698. The van der Waals surface area contributed by atoms with Crippen LogP contribution in [0.4, 0.5) is 0 Å². The van der Waals surface area contributed by atoms with Crippen LogP contribution in [-0.2, 0) is 11.3 Å². The van der Waals surface area contributed by atoms with E-state index in [0.717, 1.165) is 25.9 Å². The molecular formula is C22H26O. The van der Waals surface area contributed by atoms with Crippen LogP contribution in [0.25, 0.3) is 6.08 Å². The molecule has 0 fully saturated rings. The van der Waals surface area contributed by atoms with Crippen molar-refractivity contribution in [1.82, 2.24) is 0 Å². The summed E-state index contributed by atoms with van der Waals surface area (Å²) in [5.74, 6) is 0. The van der Waals surface area contributed by atoms with Crippen molar-refractivity contribution >= 4 is 6.08 Å². The van der Waals surface area contributed by atoms with Gasteiger partial charge in [0.05, 0.1) is 13.2 Å². The van der Waals surface area contributed by atoms with Crippen LogP contribution in [-0.4, -0.2) is 6.61 Å². The molecule has 0 aliphatic heterocycles. The first-order chi connectivity index (χ1) is 11.4. The Morgan fingerprint density at radius 1 is 0.957 bits per heavy atom. The van der Waals surface area contributed by atoms with Gasteiger partial charge in [-0.3, -0.25) is 0 Å². The summed E-state index contributed by atoms with van der Waals surface area (Å²) in [5.41, 5.74) is 3.97. The highest BCUT2D eigenvalue weighted by molar-refractivity contribution is 5.49. The molecule has 2 aromatic carbocycles. The lowest BCUT2D eigenvalue weighted by Gasteiger charge is -2.04. The van der Waals surface area contributed by atoms with E-state index in [4.69, 9.17) is 4.74 Å². The van der Waals surface area contributed by atoms with Crippen LogP contribution in [0, 0.1) is 0 Å². The second-order valence-electron chi connectivity index (χ2n) is 5.56. The van der Waals surface area contributed by atoms with E-state index in [1.54, 1.807) is 0 Å². The average Bonchev–Trinajstić information content (AvgIpc) is 2.61. The summed E-state index contributed by atoms with van der Waals surface area (Å²) < 4.78 is 5.73. The summed E-state index contributed by atoms with van der Waals surface area (Å²) in [6.45, 7) is 3.69. The molecule has 0 spiro atoms. The van der Waals surface area contributed by atoms with E-state index in [-0.39, 0.29) is 0 Å². The lowest BCUT2D eigenvalue weighted by molar-refractivity contribution is 0.125. The van der Waals surface area contributed by atoms with Gasteiger partial charge in [-0.05, 0) is 30.4 Å². The second kappa shape index (κ2) is 10.6. The first kappa shape index (κ1) is 17.2. The van der Waals surface area contributed by atoms with Crippen LogP contribution >= 0.6 is 0 Å². The van der Waals surface area contributed by atoms with Crippen molar-refractivity contribution in [2.75, 3.05) is 6.61 Å². The average molecular weight is 306 g/mol. The predicted octanol–water partition coefficient (Wildman–Crippen LogP) is 6.03. The normalized spacial score (nSPS) is 12.0. The van der Waals surface area contributed by atoms with Gasteiger partial charge in [-0.2, -0.15) is 0 Å². The fraction of sp³-hybridized carbons (Fsp3) is 0.273. The van der Waals surface area contributed by atoms with Gasteiger partial charge in [0.25, 0.3) is 0 Å². The van der Waals surface area contributed by atoms with Crippen LogP contribution in [0.2, 0.25) is 0 Å². The second-order valence-corrected chi connectivity index (χ2v) is 5.56. The van der Waals surface area contributed by atoms with Gasteiger partial charge in [0.2, 0.25) is 0 Å². The predicted molar refractivity (Wildman–Crippen MR) is 99.2 cm³/mol. The molecule has 0 saturated heterocycles. The van der Waals surface area contributed by atoms with Crippen molar-refractivity contribution in [1.29, 1.82) is 0 Å². The smallest absolute Gasteiger partial charge is 0.0717 e. The van der Waals surface area contributed by atoms with Gasteiger partial charge in [-0.15, -0.1) is 0 Å². The quantitative estimate of drug-likeness (QED) is 0.406. The number of benzene rings is 2. The molecule has 0 aliphatic rings. The lowest BCUT2D eigenvalue weighted by Crippen LogP contribution is -1.94. The molecule has 2 rings (SSSR count). The zero-order valence-electron chi connectivity index (χ0n) is 13.9. The summed E-state index contributed by atoms with van der Waals surface area (Å²) in [7, 11) is 0. The maximum atomic E-state index is 5.73. The zero-order valence-corrected chi connectivity index (χ0v) is 13.9. The SMILES string of the molecule is CC/C(=C\CCOCc1ccccc1)C/C=C/c1ccccc1. The summed E-state index contributed by atoms with van der Waals surface area (Å²) >= 11 is 0. The van der Waals surface area contributed by atoms with E-state index in [9.17, 15) is 0 Å². The minimum atomic E-state index is 0.698. The molecule has 0 heterocycles. The molecule has 0 aliphatic carbocycles. The molecule has 1 heteroatoms. The van der Waals surface area contributed by atoms with E-state index in [2.05, 4.69) is 61.5 Å². The van der Waals surface area contributed by atoms with Crippen LogP contribution in [0.15, 0.2) is 78.4 Å². The number of hydrogen-bond acceptors (Lipinski definition) is 1. The highest BCUT2D eigenvalue weighted by atomic mass is 16.5. The summed E-state index contributed by atoms with van der Waals surface area (Å²) in [6, 6.07) is 20.8. The largest absolute Gasteiger partial charge is 0.376 e. The Hall–Kier alpha value is -2.12. The topological polar surface area (TPSA) is 9.23 Å². The molecule has 23 heavy (non-hydrogen) atoms. The Kier molecular flexibility index (Phi) is 7.93. The molecule has 0 N–H and O–H groups in total. The third kappa shape index (κ3) is 7.12. The third-order valence-corrected chi connectivity index (χ3v) is 3.75. The summed E-state index contributed by atoms with van der Waals surface area (Å²) in [4.78, 5) is 0. The van der Waals surface area contributed by atoms with Gasteiger partial charge in [0.15, 0.2) is 0 Å². The maximum absolute atomic E-state index is 5.73. The van der Waals surface area contributed by atoms with Gasteiger partial charge in [0, 0.05) is 0 Å². The third-order valence-electron chi connectivity index (χ3n) is 3.75. The van der Waals surface area contributed by atoms with Crippen LogP contribution in [0.5, 0.6) is 0 Å². The Morgan fingerprint density at radius 3 is 2.35 bits per heavy atom. The van der Waals surface area contributed by atoms with Crippen molar-refractivity contribution < 1.29 is 4.74 Å². The van der Waals surface area contributed by atoms with Crippen molar-refractivity contribution in [3.8, 4) is 0 Å². The molecule has 0 atom stereocenters. The molecule has 0 radical (unpaired) electrons. The van der Waals surface area contributed by atoms with Crippen molar-refractivity contribution in [2.45, 2.75) is 32.8 Å². The fourth-order valence-electron chi connectivity index (χ4n) is 2.39. The van der Waals surface area contributed by atoms with Crippen LogP contribution in [0.3, 0.4) is 0 Å². The lowest BCUT2D eigenvalue weighted by atomic mass is 10.1. The van der Waals surface area contributed by atoms with E-state index in [1.807, 2.05) is 24.3 Å². The van der Waals surface area contributed by atoms with E-state index in [1.165, 1.54) is 16.7 Å². The number of ether oxygens (including phenoxy) is 1. The first-order valence-corrected chi connectivity index (χ1v) is 8.39. The van der Waals surface area contributed by atoms with Crippen molar-refractivity contribution in [2.24, 2.45) is 0 Å². The summed E-state index contributed by atoms with van der Waals surface area (Å²) in [5, 5.41) is 0. The van der Waals surface area contributed by atoms with Gasteiger partial charge in [0.1, 0.15) is 0 Å². The van der Waals surface area contributed by atoms with Crippen molar-refractivity contribution in [3.05, 3.63) is 89.5 Å². The first-order valence-electron chi connectivity index (χ1n) is 8.39. The van der Waals surface area contributed by atoms with Gasteiger partial charge in [-0.25, -0.2) is 0 Å². The van der Waals surface area contributed by atoms with Gasteiger partial charge >= 0.3 is 0 Å². The zero-order chi connectivity index (χ0) is 16.2. The van der Waals surface area contributed by atoms with Gasteiger partial charge < -0.3 is 4.74 Å². The van der Waals surface area contributed by atoms with E-state index in [0.29, 0.717) is 6.61 Å². The van der Waals surface area contributed by atoms with E-state index >= 15 is 0 Å². The number of rotatable bonds is 9. The standard InChI is InChI=1S/C22H26O/c1-2-20(15-9-16-21-11-5-3-6-12-21)17-10-18-23-19-22-13-7-4-8-14-22/h3-9,11-14,16-17H,2,10,15,18-19H2,1H3/b16-9+,20-17+. The van der Waals surface area contributed by atoms with Crippen LogP contribution in [0.1, 0.15) is 37.3 Å². The summed E-state index contributed by atoms with van der Waals surface area (Å²) in [6.07, 6.45) is 9.85. The minimum Gasteiger partial charge on any atom is -0.376 e. The van der Waals surface area contributed by atoms with Crippen molar-refractivity contribution in [3.63, 3.8) is 0 Å². The molecule has 0 saturated carbocycles. The van der Waals surface area contributed by atoms with Crippen LogP contribution < -0.4 is 0 Å². The Balaban J connectivity index is 1.68. The molecule has 0 unspecified atom stereocenters. The highest BCUT2D eigenvalue weighted by Gasteiger charge is 1.94. The molecular weight excluding hydrogens is 280 g/mol. The highest BCUT2D eigenvalue weighted by Crippen LogP contribution is 2.11. The Morgan fingerprint density at radius 2 is 1.65 bits per heavy atom. The van der Waals surface area contributed by atoms with Gasteiger partial charge in [-0.1, -0.05) is 91.4 Å². The monoisotopic (exact) mass is 306 g/mol. The molecule has 0 bridgehead atoms. The number of hydrogen-bond donors (Lipinski definition) is 0. The molecule has 1 nitrogen and oxygen atoms in total. The Labute approximate surface area is 140 Å². The molecule has 120 valence electrons. The molecule has 2 aromatic rings. The molecule has 0 aromatic heterocycles.